The molecule has 0 atom stereocenters. The van der Waals surface area contributed by atoms with E-state index in [4.69, 9.17) is 9.47 Å². The number of rotatable bonds is 9. The van der Waals surface area contributed by atoms with E-state index >= 15 is 0 Å². The van der Waals surface area contributed by atoms with E-state index in [2.05, 4.69) is 31.3 Å². The number of anilines is 1. The first-order valence-electron chi connectivity index (χ1n) is 13.4. The van der Waals surface area contributed by atoms with Gasteiger partial charge in [0, 0.05) is 11.3 Å². The maximum absolute atomic E-state index is 13.5. The Hall–Kier alpha value is -5.04. The Balaban J connectivity index is 1.48. The average Bonchev–Trinajstić information content (AvgIpc) is 3.00. The largest absolute Gasteiger partial charge is 0.490 e. The van der Waals surface area contributed by atoms with Crippen LogP contribution in [0.25, 0.3) is 22.3 Å². The molecule has 1 N–H and O–H groups in total. The molecule has 0 fully saturated rings. The lowest BCUT2D eigenvalue weighted by Gasteiger charge is -2.15. The van der Waals surface area contributed by atoms with E-state index in [9.17, 15) is 27.2 Å². The summed E-state index contributed by atoms with van der Waals surface area (Å²) >= 11 is 3.41. The van der Waals surface area contributed by atoms with Crippen LogP contribution >= 0.6 is 15.9 Å². The van der Waals surface area contributed by atoms with Crippen LogP contribution < -0.4 is 20.3 Å². The van der Waals surface area contributed by atoms with Crippen molar-refractivity contribution in [3.8, 4) is 22.9 Å². The van der Waals surface area contributed by atoms with Crippen molar-refractivity contribution >= 4 is 44.6 Å². The van der Waals surface area contributed by atoms with Crippen molar-refractivity contribution in [1.82, 2.24) is 9.66 Å². The molecule has 0 unspecified atom stereocenters. The quantitative estimate of drug-likeness (QED) is 0.130. The zero-order valence-electron chi connectivity index (χ0n) is 23.4. The van der Waals surface area contributed by atoms with Crippen molar-refractivity contribution in [1.29, 1.82) is 0 Å². The fourth-order valence-electron chi connectivity index (χ4n) is 4.34. The van der Waals surface area contributed by atoms with Gasteiger partial charge >= 0.3 is 6.18 Å². The van der Waals surface area contributed by atoms with E-state index in [1.807, 2.05) is 0 Å². The van der Waals surface area contributed by atoms with Gasteiger partial charge in [0.25, 0.3) is 11.5 Å². The molecule has 0 spiro atoms. The number of fused-ring (bicyclic) bond motifs is 1. The molecule has 5 rings (SSSR count). The predicted octanol–water partition coefficient (Wildman–Crippen LogP) is 7.28. The van der Waals surface area contributed by atoms with Gasteiger partial charge in [-0.1, -0.05) is 30.3 Å². The summed E-state index contributed by atoms with van der Waals surface area (Å²) in [5.74, 6) is -0.678. The fraction of sp³-hybridized carbons (Fsp3) is 0.125. The van der Waals surface area contributed by atoms with Gasteiger partial charge < -0.3 is 14.8 Å². The van der Waals surface area contributed by atoms with Gasteiger partial charge in [0.1, 0.15) is 5.82 Å². The average molecular weight is 683 g/mol. The normalized spacial score (nSPS) is 11.6. The van der Waals surface area contributed by atoms with Crippen molar-refractivity contribution in [2.24, 2.45) is 5.10 Å². The Morgan fingerprint density at radius 1 is 1.02 bits per heavy atom. The number of nitrogens with one attached hydrogen (secondary N) is 1. The number of carbonyl (C=O) groups is 1. The summed E-state index contributed by atoms with van der Waals surface area (Å²) in [7, 11) is 0. The van der Waals surface area contributed by atoms with Crippen LogP contribution in [-0.4, -0.2) is 35.0 Å². The van der Waals surface area contributed by atoms with Crippen LogP contribution in [0.1, 0.15) is 18.1 Å². The SMILES string of the molecule is CCOc1cc(C=Nn2c(-c3cccc(C(F)(F)F)c3)nc3ccccc3c2=O)cc(Br)c1OCC(=O)Nc1cccc(F)c1. The van der Waals surface area contributed by atoms with Crippen molar-refractivity contribution in [3.63, 3.8) is 0 Å². The highest BCUT2D eigenvalue weighted by atomic mass is 79.9. The van der Waals surface area contributed by atoms with Crippen molar-refractivity contribution in [2.75, 3.05) is 18.5 Å². The van der Waals surface area contributed by atoms with Crippen LogP contribution in [0.15, 0.2) is 99.3 Å². The van der Waals surface area contributed by atoms with Gasteiger partial charge in [0.15, 0.2) is 23.9 Å². The molecule has 0 aliphatic rings. The van der Waals surface area contributed by atoms with Crippen LogP contribution in [-0.2, 0) is 11.0 Å². The molecule has 5 aromatic rings. The van der Waals surface area contributed by atoms with Crippen LogP contribution in [0.2, 0.25) is 0 Å². The van der Waals surface area contributed by atoms with E-state index in [1.54, 1.807) is 43.3 Å². The summed E-state index contributed by atoms with van der Waals surface area (Å²) in [4.78, 5) is 30.4. The van der Waals surface area contributed by atoms with E-state index in [0.29, 0.717) is 15.6 Å². The van der Waals surface area contributed by atoms with Gasteiger partial charge in [-0.2, -0.15) is 22.9 Å². The number of para-hydroxylation sites is 1. The number of carbonyl (C=O) groups excluding carboxylic acids is 1. The molecule has 0 saturated heterocycles. The molecule has 0 bridgehead atoms. The van der Waals surface area contributed by atoms with E-state index < -0.39 is 35.6 Å². The lowest BCUT2D eigenvalue weighted by molar-refractivity contribution is -0.137. The number of aromatic nitrogens is 2. The topological polar surface area (TPSA) is 94.8 Å². The minimum Gasteiger partial charge on any atom is -0.490 e. The summed E-state index contributed by atoms with van der Waals surface area (Å²) in [5.41, 5.74) is -0.452. The monoisotopic (exact) mass is 682 g/mol. The summed E-state index contributed by atoms with van der Waals surface area (Å²) in [6, 6.07) is 19.5. The Bertz CT molecular complexity index is 1980. The number of halogens is 5. The van der Waals surface area contributed by atoms with Gasteiger partial charge in [-0.25, -0.2) is 9.37 Å². The van der Waals surface area contributed by atoms with Crippen molar-refractivity contribution in [2.45, 2.75) is 13.1 Å². The highest BCUT2D eigenvalue weighted by molar-refractivity contribution is 9.10. The Kier molecular flexibility index (Phi) is 9.28. The first-order chi connectivity index (χ1) is 21.5. The second-order valence-electron chi connectivity index (χ2n) is 9.50. The number of benzene rings is 4. The molecule has 13 heteroatoms. The molecule has 45 heavy (non-hydrogen) atoms. The minimum atomic E-state index is -4.60. The fourth-order valence-corrected chi connectivity index (χ4v) is 4.92. The smallest absolute Gasteiger partial charge is 0.416 e. The summed E-state index contributed by atoms with van der Waals surface area (Å²) in [6.07, 6.45) is -3.28. The molecular weight excluding hydrogens is 660 g/mol. The van der Waals surface area contributed by atoms with E-state index in [1.165, 1.54) is 42.6 Å². The summed E-state index contributed by atoms with van der Waals surface area (Å²) in [5, 5.41) is 7.08. The van der Waals surface area contributed by atoms with Gasteiger partial charge in [-0.15, -0.1) is 0 Å². The maximum Gasteiger partial charge on any atom is 0.416 e. The standard InChI is InChI=1S/C32H23BrF4N4O4/c1-2-44-27-14-19(13-25(33)29(27)45-18-28(42)39-23-10-6-9-22(34)16-23)17-38-41-30(20-7-5-8-21(15-20)32(35,36)37)40-26-12-4-3-11-24(26)31(41)43/h3-17H,2,18H2,1H3,(H,39,42). The molecule has 0 saturated carbocycles. The molecule has 1 amide bonds. The van der Waals surface area contributed by atoms with Gasteiger partial charge in [-0.05, 0) is 83.0 Å². The third kappa shape index (κ3) is 7.37. The molecule has 230 valence electrons. The van der Waals surface area contributed by atoms with Crippen LogP contribution in [0, 0.1) is 5.82 Å². The zero-order valence-corrected chi connectivity index (χ0v) is 25.0. The Morgan fingerprint density at radius 2 is 1.80 bits per heavy atom. The summed E-state index contributed by atoms with van der Waals surface area (Å²) < 4.78 is 66.6. The van der Waals surface area contributed by atoms with Crippen LogP contribution in [0.4, 0.5) is 23.2 Å². The molecule has 1 heterocycles. The van der Waals surface area contributed by atoms with Crippen molar-refractivity contribution in [3.05, 3.63) is 117 Å². The second kappa shape index (κ2) is 13.3. The zero-order chi connectivity index (χ0) is 32.1. The molecular formula is C32H23BrF4N4O4. The molecule has 1 aromatic heterocycles. The molecule has 0 aliphatic carbocycles. The van der Waals surface area contributed by atoms with Gasteiger partial charge in [-0.3, -0.25) is 9.59 Å². The Labute approximate surface area is 262 Å². The molecule has 8 nitrogen and oxygen atoms in total. The molecule has 4 aromatic carbocycles. The number of alkyl halides is 3. The number of amides is 1. The minimum absolute atomic E-state index is 0.0429. The predicted molar refractivity (Wildman–Crippen MR) is 165 cm³/mol. The first-order valence-corrected chi connectivity index (χ1v) is 14.2. The number of hydrogen-bond acceptors (Lipinski definition) is 6. The Morgan fingerprint density at radius 3 is 2.56 bits per heavy atom. The number of nitrogens with zero attached hydrogens (tertiary/aromatic N) is 3. The van der Waals surface area contributed by atoms with Crippen molar-refractivity contribution < 1.29 is 31.8 Å². The lowest BCUT2D eigenvalue weighted by atomic mass is 10.1. The van der Waals surface area contributed by atoms with Gasteiger partial charge in [0.05, 0.1) is 33.8 Å². The maximum atomic E-state index is 13.5. The number of hydrogen-bond donors (Lipinski definition) is 1. The summed E-state index contributed by atoms with van der Waals surface area (Å²) in [6.45, 7) is 1.57. The highest BCUT2D eigenvalue weighted by Gasteiger charge is 2.31. The third-order valence-electron chi connectivity index (χ3n) is 6.31. The van der Waals surface area contributed by atoms with E-state index in [0.717, 1.165) is 16.8 Å². The molecule has 0 aliphatic heterocycles. The van der Waals surface area contributed by atoms with Crippen LogP contribution in [0.3, 0.4) is 0 Å². The highest BCUT2D eigenvalue weighted by Crippen LogP contribution is 2.37. The molecule has 0 radical (unpaired) electrons. The third-order valence-corrected chi connectivity index (χ3v) is 6.90. The van der Waals surface area contributed by atoms with Gasteiger partial charge in [0.2, 0.25) is 0 Å². The first kappa shape index (κ1) is 31.4. The van der Waals surface area contributed by atoms with E-state index in [-0.39, 0.29) is 40.6 Å². The van der Waals surface area contributed by atoms with Crippen LogP contribution in [0.5, 0.6) is 11.5 Å². The lowest BCUT2D eigenvalue weighted by Crippen LogP contribution is -2.21. The second-order valence-corrected chi connectivity index (χ2v) is 10.4. The number of ether oxygens (including phenoxy) is 2.